The zero-order valence-corrected chi connectivity index (χ0v) is 13.8. The van der Waals surface area contributed by atoms with Gasteiger partial charge in [-0.15, -0.1) is 0 Å². The smallest absolute Gasteiger partial charge is 0.345 e. The van der Waals surface area contributed by atoms with Gasteiger partial charge < -0.3 is 15.3 Å². The molecule has 120 valence electrons. The second-order valence-electron chi connectivity index (χ2n) is 4.43. The van der Waals surface area contributed by atoms with Crippen LogP contribution in [0.2, 0.25) is 10.0 Å². The number of hydrogen-bond acceptors (Lipinski definition) is 5. The molecule has 5 nitrogen and oxygen atoms in total. The van der Waals surface area contributed by atoms with E-state index in [1.807, 2.05) is 6.92 Å². The molecule has 0 spiro atoms. The van der Waals surface area contributed by atoms with E-state index in [1.54, 1.807) is 24.3 Å². The predicted molar refractivity (Wildman–Crippen MR) is 90.8 cm³/mol. The molecule has 0 saturated heterocycles. The highest BCUT2D eigenvalue weighted by Gasteiger charge is 2.16. The van der Waals surface area contributed by atoms with E-state index in [1.165, 1.54) is 18.3 Å². The number of hydrogen-bond donors (Lipinski definition) is 1. The Bertz CT molecular complexity index is 748. The van der Waals surface area contributed by atoms with Crippen LogP contribution in [0.1, 0.15) is 22.8 Å². The molecule has 2 aromatic carbocycles. The van der Waals surface area contributed by atoms with Gasteiger partial charge in [-0.25, -0.2) is 4.79 Å². The number of benzene rings is 2. The van der Waals surface area contributed by atoms with E-state index in [2.05, 4.69) is 5.10 Å². The third-order valence-corrected chi connectivity index (χ3v) is 3.39. The first-order chi connectivity index (χ1) is 11.0. The minimum Gasteiger partial charge on any atom is -0.490 e. The number of rotatable bonds is 5. The molecular weight excluding hydrogens is 339 g/mol. The van der Waals surface area contributed by atoms with Crippen molar-refractivity contribution >= 4 is 35.4 Å². The first-order valence-corrected chi connectivity index (χ1v) is 7.48. The molecule has 0 heterocycles. The average molecular weight is 353 g/mol. The molecular formula is C16H14Cl2N2O3. The third-order valence-electron chi connectivity index (χ3n) is 2.84. The highest BCUT2D eigenvalue weighted by Crippen LogP contribution is 2.30. The first-order valence-electron chi connectivity index (χ1n) is 6.72. The summed E-state index contributed by atoms with van der Waals surface area (Å²) in [6.07, 6.45) is 1.46. The van der Waals surface area contributed by atoms with Crippen LogP contribution in [-0.4, -0.2) is 18.8 Å². The zero-order chi connectivity index (χ0) is 16.8. The number of ether oxygens (including phenoxy) is 2. The van der Waals surface area contributed by atoms with Crippen molar-refractivity contribution in [3.05, 3.63) is 57.6 Å². The van der Waals surface area contributed by atoms with Crippen molar-refractivity contribution in [2.45, 2.75) is 6.92 Å². The molecule has 0 aromatic heterocycles. The lowest BCUT2D eigenvalue weighted by molar-refractivity contribution is 0.0728. The van der Waals surface area contributed by atoms with Gasteiger partial charge in [0.15, 0.2) is 11.5 Å². The Kier molecular flexibility index (Phi) is 5.84. The Labute approximate surface area is 143 Å². The molecule has 0 amide bonds. The predicted octanol–water partition coefficient (Wildman–Crippen LogP) is 3.90. The van der Waals surface area contributed by atoms with E-state index in [0.29, 0.717) is 17.4 Å². The lowest BCUT2D eigenvalue weighted by Crippen LogP contribution is -2.10. The normalized spacial score (nSPS) is 10.7. The van der Waals surface area contributed by atoms with Gasteiger partial charge in [0.05, 0.1) is 23.4 Å². The quantitative estimate of drug-likeness (QED) is 0.291. The molecule has 0 fully saturated rings. The van der Waals surface area contributed by atoms with E-state index in [0.717, 1.165) is 5.56 Å². The summed E-state index contributed by atoms with van der Waals surface area (Å²) in [5, 5.41) is 4.10. The van der Waals surface area contributed by atoms with Crippen molar-refractivity contribution in [3.8, 4) is 11.5 Å². The van der Waals surface area contributed by atoms with Crippen LogP contribution in [0.3, 0.4) is 0 Å². The number of carbonyl (C=O) groups is 1. The van der Waals surface area contributed by atoms with Crippen LogP contribution in [0.4, 0.5) is 0 Å². The Morgan fingerprint density at radius 3 is 2.65 bits per heavy atom. The summed E-state index contributed by atoms with van der Waals surface area (Å²) in [5.41, 5.74) is 0.936. The Balaban J connectivity index is 2.29. The molecule has 0 saturated carbocycles. The molecule has 2 N–H and O–H groups in total. The molecule has 0 aliphatic carbocycles. The van der Waals surface area contributed by atoms with Crippen LogP contribution in [0.25, 0.3) is 0 Å². The standard InChI is InChI=1S/C16H14Cl2N2O3/c1-2-22-15-7-10(9-20-19)3-6-14(15)23-16(21)12-5-4-11(17)8-13(12)18/h3-9H,2,19H2,1H3. The minimum absolute atomic E-state index is 0.214. The lowest BCUT2D eigenvalue weighted by atomic mass is 10.2. The Morgan fingerprint density at radius 2 is 2.00 bits per heavy atom. The van der Waals surface area contributed by atoms with Gasteiger partial charge >= 0.3 is 5.97 Å². The molecule has 0 aliphatic rings. The maximum atomic E-state index is 12.3. The molecule has 0 unspecified atom stereocenters. The Morgan fingerprint density at radius 1 is 1.22 bits per heavy atom. The fourth-order valence-electron chi connectivity index (χ4n) is 1.85. The van der Waals surface area contributed by atoms with E-state index in [9.17, 15) is 4.79 Å². The number of halogens is 2. The number of nitrogens with two attached hydrogens (primary N) is 1. The van der Waals surface area contributed by atoms with Gasteiger partial charge in [-0.3, -0.25) is 0 Å². The van der Waals surface area contributed by atoms with Gasteiger partial charge in [0.25, 0.3) is 0 Å². The van der Waals surface area contributed by atoms with E-state index in [4.69, 9.17) is 38.5 Å². The van der Waals surface area contributed by atoms with Crippen molar-refractivity contribution in [2.24, 2.45) is 10.9 Å². The van der Waals surface area contributed by atoms with Crippen LogP contribution in [0.5, 0.6) is 11.5 Å². The SMILES string of the molecule is CCOc1cc(C=NN)ccc1OC(=O)c1ccc(Cl)cc1Cl. The minimum atomic E-state index is -0.604. The van der Waals surface area contributed by atoms with Crippen molar-refractivity contribution in [1.29, 1.82) is 0 Å². The maximum Gasteiger partial charge on any atom is 0.345 e. The molecule has 2 rings (SSSR count). The molecule has 0 radical (unpaired) electrons. The summed E-state index contributed by atoms with van der Waals surface area (Å²) in [7, 11) is 0. The van der Waals surface area contributed by atoms with E-state index in [-0.39, 0.29) is 16.3 Å². The second-order valence-corrected chi connectivity index (χ2v) is 5.27. The summed E-state index contributed by atoms with van der Waals surface area (Å²) < 4.78 is 10.8. The Hall–Kier alpha value is -2.24. The molecule has 0 atom stereocenters. The van der Waals surface area contributed by atoms with Crippen molar-refractivity contribution < 1.29 is 14.3 Å². The first kappa shape index (κ1) is 17.1. The fraction of sp³-hybridized carbons (Fsp3) is 0.125. The molecule has 0 bridgehead atoms. The summed E-state index contributed by atoms with van der Waals surface area (Å²) in [6.45, 7) is 2.24. The van der Waals surface area contributed by atoms with Crippen LogP contribution >= 0.6 is 23.2 Å². The number of hydrazone groups is 1. The molecule has 7 heteroatoms. The monoisotopic (exact) mass is 352 g/mol. The third kappa shape index (κ3) is 4.37. The van der Waals surface area contributed by atoms with E-state index < -0.39 is 5.97 Å². The van der Waals surface area contributed by atoms with Gasteiger partial charge in [-0.05, 0) is 48.9 Å². The maximum absolute atomic E-state index is 12.3. The summed E-state index contributed by atoms with van der Waals surface area (Å²) in [4.78, 5) is 12.3. The highest BCUT2D eigenvalue weighted by molar-refractivity contribution is 6.36. The van der Waals surface area contributed by atoms with Gasteiger partial charge in [-0.1, -0.05) is 23.2 Å². The number of nitrogens with zero attached hydrogens (tertiary/aromatic N) is 1. The van der Waals surface area contributed by atoms with Crippen molar-refractivity contribution in [1.82, 2.24) is 0 Å². The van der Waals surface area contributed by atoms with E-state index >= 15 is 0 Å². The van der Waals surface area contributed by atoms with Crippen LogP contribution in [0, 0.1) is 0 Å². The number of carbonyl (C=O) groups excluding carboxylic acids is 1. The summed E-state index contributed by atoms with van der Waals surface area (Å²) in [5.74, 6) is 5.20. The lowest BCUT2D eigenvalue weighted by Gasteiger charge is -2.12. The molecule has 23 heavy (non-hydrogen) atoms. The van der Waals surface area contributed by atoms with Crippen LogP contribution in [0.15, 0.2) is 41.5 Å². The van der Waals surface area contributed by atoms with Crippen molar-refractivity contribution in [2.75, 3.05) is 6.61 Å². The molecule has 0 aliphatic heterocycles. The number of esters is 1. The summed E-state index contributed by atoms with van der Waals surface area (Å²) in [6, 6.07) is 9.52. The van der Waals surface area contributed by atoms with Gasteiger partial charge in [0.2, 0.25) is 0 Å². The van der Waals surface area contributed by atoms with Gasteiger partial charge in [0.1, 0.15) is 0 Å². The largest absolute Gasteiger partial charge is 0.490 e. The fourth-order valence-corrected chi connectivity index (χ4v) is 2.34. The van der Waals surface area contributed by atoms with Crippen LogP contribution < -0.4 is 15.3 Å². The second kappa shape index (κ2) is 7.85. The van der Waals surface area contributed by atoms with Gasteiger partial charge in [-0.2, -0.15) is 5.10 Å². The zero-order valence-electron chi connectivity index (χ0n) is 12.3. The molecule has 2 aromatic rings. The average Bonchev–Trinajstić information content (AvgIpc) is 2.50. The van der Waals surface area contributed by atoms with Crippen LogP contribution in [-0.2, 0) is 0 Å². The highest BCUT2D eigenvalue weighted by atomic mass is 35.5. The topological polar surface area (TPSA) is 73.9 Å². The van der Waals surface area contributed by atoms with Gasteiger partial charge in [0, 0.05) is 5.02 Å². The summed E-state index contributed by atoms with van der Waals surface area (Å²) >= 11 is 11.8. The van der Waals surface area contributed by atoms with Crippen molar-refractivity contribution in [3.63, 3.8) is 0 Å².